The molecule has 7 nitrogen and oxygen atoms in total. The lowest BCUT2D eigenvalue weighted by Crippen LogP contribution is -2.31. The lowest BCUT2D eigenvalue weighted by molar-refractivity contribution is -0.245. The van der Waals surface area contributed by atoms with Crippen LogP contribution in [0.4, 0.5) is 10.5 Å². The van der Waals surface area contributed by atoms with Crippen molar-refractivity contribution in [2.24, 2.45) is 0 Å². The molecule has 1 aliphatic rings. The average Bonchev–Trinajstić information content (AvgIpc) is 3.35. The second-order valence-electron chi connectivity index (χ2n) is 8.72. The summed E-state index contributed by atoms with van der Waals surface area (Å²) in [7, 11) is 0. The number of fused-ring (bicyclic) bond motifs is 1. The average molecular weight is 536 g/mol. The molecule has 1 aromatic heterocycles. The minimum absolute atomic E-state index is 0.00956. The van der Waals surface area contributed by atoms with Crippen LogP contribution in [-0.4, -0.2) is 34.5 Å². The van der Waals surface area contributed by atoms with Gasteiger partial charge in [0.25, 0.3) is 0 Å². The van der Waals surface area contributed by atoms with Crippen LogP contribution in [-0.2, 0) is 16.1 Å². The molecule has 192 valence electrons. The number of hydrogen-bond acceptors (Lipinski definition) is 7. The molecule has 0 spiro atoms. The SMILES string of the molecule is CCNC(=O)Nc1ccc([C@@H]2O[C@H](CSc3nc4ccccc4s3)C[C@H](c3ccc(CO)cc3)O2)cc1. The normalized spacial score (nSPS) is 19.6. The second-order valence-corrected chi connectivity index (χ2v) is 11.0. The van der Waals surface area contributed by atoms with E-state index in [1.807, 2.05) is 73.7 Å². The molecule has 1 aliphatic heterocycles. The highest BCUT2D eigenvalue weighted by molar-refractivity contribution is 8.01. The van der Waals surface area contributed by atoms with Gasteiger partial charge in [-0.15, -0.1) is 11.3 Å². The first kappa shape index (κ1) is 25.7. The summed E-state index contributed by atoms with van der Waals surface area (Å²) >= 11 is 3.40. The maximum absolute atomic E-state index is 11.8. The van der Waals surface area contributed by atoms with Crippen molar-refractivity contribution in [2.45, 2.75) is 42.8 Å². The molecule has 3 aromatic carbocycles. The number of aromatic nitrogens is 1. The number of nitrogens with zero attached hydrogens (tertiary/aromatic N) is 1. The zero-order chi connectivity index (χ0) is 25.6. The van der Waals surface area contributed by atoms with Gasteiger partial charge in [0.2, 0.25) is 0 Å². The van der Waals surface area contributed by atoms with E-state index in [4.69, 9.17) is 14.5 Å². The smallest absolute Gasteiger partial charge is 0.319 e. The van der Waals surface area contributed by atoms with Crippen LogP contribution in [0.1, 0.15) is 42.4 Å². The molecule has 1 saturated heterocycles. The number of hydrogen-bond donors (Lipinski definition) is 3. The van der Waals surface area contributed by atoms with Crippen molar-refractivity contribution in [3.8, 4) is 0 Å². The maximum Gasteiger partial charge on any atom is 0.319 e. The van der Waals surface area contributed by atoms with Gasteiger partial charge in [-0.3, -0.25) is 0 Å². The van der Waals surface area contributed by atoms with E-state index in [9.17, 15) is 9.90 Å². The Labute approximate surface area is 224 Å². The molecule has 2 heterocycles. The highest BCUT2D eigenvalue weighted by Gasteiger charge is 2.32. The Morgan fingerprint density at radius 3 is 2.54 bits per heavy atom. The number of anilines is 1. The van der Waals surface area contributed by atoms with Crippen molar-refractivity contribution >= 4 is 45.0 Å². The Morgan fingerprint density at radius 2 is 1.81 bits per heavy atom. The number of thiazole rings is 1. The summed E-state index contributed by atoms with van der Waals surface area (Å²) in [5, 5.41) is 15.0. The molecule has 0 unspecified atom stereocenters. The Bertz CT molecular complexity index is 1290. The van der Waals surface area contributed by atoms with Gasteiger partial charge in [0.15, 0.2) is 10.6 Å². The lowest BCUT2D eigenvalue weighted by Gasteiger charge is -2.36. The number of thioether (sulfide) groups is 1. The molecule has 3 atom stereocenters. The summed E-state index contributed by atoms with van der Waals surface area (Å²) in [6.45, 7) is 2.44. The van der Waals surface area contributed by atoms with Gasteiger partial charge in [0.05, 0.1) is 29.0 Å². The molecular formula is C28H29N3O4S2. The summed E-state index contributed by atoms with van der Waals surface area (Å²) in [6.07, 6.45) is -0.0354. The number of nitrogens with one attached hydrogen (secondary N) is 2. The van der Waals surface area contributed by atoms with Gasteiger partial charge >= 0.3 is 6.03 Å². The molecule has 4 aromatic rings. The van der Waals surface area contributed by atoms with Crippen LogP contribution in [0.2, 0.25) is 0 Å². The minimum Gasteiger partial charge on any atom is -0.392 e. The van der Waals surface area contributed by atoms with Gasteiger partial charge in [0, 0.05) is 30.0 Å². The van der Waals surface area contributed by atoms with Gasteiger partial charge in [-0.05, 0) is 42.3 Å². The number of aliphatic hydroxyl groups excluding tert-OH is 1. The molecule has 5 rings (SSSR count). The van der Waals surface area contributed by atoms with Crippen molar-refractivity contribution in [2.75, 3.05) is 17.6 Å². The summed E-state index contributed by atoms with van der Waals surface area (Å²) in [6, 6.07) is 23.3. The Morgan fingerprint density at radius 1 is 1.05 bits per heavy atom. The number of rotatable bonds is 8. The summed E-state index contributed by atoms with van der Waals surface area (Å²) < 4.78 is 15.0. The van der Waals surface area contributed by atoms with Crippen molar-refractivity contribution < 1.29 is 19.4 Å². The third-order valence-electron chi connectivity index (χ3n) is 6.06. The Kier molecular flexibility index (Phi) is 8.38. The van der Waals surface area contributed by atoms with Gasteiger partial charge in [-0.25, -0.2) is 9.78 Å². The molecule has 0 saturated carbocycles. The van der Waals surface area contributed by atoms with Crippen LogP contribution >= 0.6 is 23.1 Å². The fourth-order valence-electron chi connectivity index (χ4n) is 4.16. The molecule has 3 N–H and O–H groups in total. The predicted molar refractivity (Wildman–Crippen MR) is 148 cm³/mol. The number of amides is 2. The third-order valence-corrected chi connectivity index (χ3v) is 8.37. The van der Waals surface area contributed by atoms with E-state index in [0.717, 1.165) is 32.3 Å². The lowest BCUT2D eigenvalue weighted by atomic mass is 10.0. The van der Waals surface area contributed by atoms with Gasteiger partial charge in [-0.2, -0.15) is 0 Å². The molecule has 9 heteroatoms. The van der Waals surface area contributed by atoms with E-state index in [1.165, 1.54) is 4.70 Å². The van der Waals surface area contributed by atoms with E-state index in [0.29, 0.717) is 18.7 Å². The first-order valence-electron chi connectivity index (χ1n) is 12.2. The maximum atomic E-state index is 11.8. The van der Waals surface area contributed by atoms with E-state index >= 15 is 0 Å². The fraction of sp³-hybridized carbons (Fsp3) is 0.286. The van der Waals surface area contributed by atoms with Gasteiger partial charge in [-0.1, -0.05) is 60.3 Å². The van der Waals surface area contributed by atoms with Crippen molar-refractivity contribution in [1.82, 2.24) is 10.3 Å². The number of carbonyl (C=O) groups is 1. The fourth-order valence-corrected chi connectivity index (χ4v) is 6.27. The highest BCUT2D eigenvalue weighted by Crippen LogP contribution is 2.40. The summed E-state index contributed by atoms with van der Waals surface area (Å²) in [5.41, 5.74) is 4.52. The number of urea groups is 1. The van der Waals surface area contributed by atoms with E-state index in [1.54, 1.807) is 23.1 Å². The van der Waals surface area contributed by atoms with Crippen molar-refractivity contribution in [3.63, 3.8) is 0 Å². The Hall–Kier alpha value is -2.95. The summed E-state index contributed by atoms with van der Waals surface area (Å²) in [5.74, 6) is 0.752. The molecule has 37 heavy (non-hydrogen) atoms. The molecule has 0 radical (unpaired) electrons. The minimum atomic E-state index is -0.546. The standard InChI is InChI=1S/C28H29N3O4S2/c1-2-29-27(33)30-21-13-11-20(12-14-21)26-34-22(15-24(35-26)19-9-7-18(16-32)8-10-19)17-36-28-31-23-5-3-4-6-25(23)37-28/h3-14,22,24,26,32H,2,15-17H2,1H3,(H2,29,30,33)/t22-,24+,26+/m0/s1. The number of carbonyl (C=O) groups excluding carboxylic acids is 1. The highest BCUT2D eigenvalue weighted by atomic mass is 32.2. The molecular weight excluding hydrogens is 506 g/mol. The molecule has 0 aliphatic carbocycles. The van der Waals surface area contributed by atoms with Crippen LogP contribution in [0, 0.1) is 0 Å². The molecule has 0 bridgehead atoms. The second kappa shape index (κ2) is 12.1. The van der Waals surface area contributed by atoms with Crippen LogP contribution in [0.5, 0.6) is 0 Å². The largest absolute Gasteiger partial charge is 0.392 e. The first-order chi connectivity index (χ1) is 18.1. The number of benzene rings is 3. The van der Waals surface area contributed by atoms with Gasteiger partial charge < -0.3 is 25.2 Å². The number of para-hydroxylation sites is 1. The quantitative estimate of drug-likeness (QED) is 0.230. The zero-order valence-electron chi connectivity index (χ0n) is 20.4. The predicted octanol–water partition coefficient (Wildman–Crippen LogP) is 6.27. The van der Waals surface area contributed by atoms with Crippen LogP contribution in [0.25, 0.3) is 10.2 Å². The van der Waals surface area contributed by atoms with E-state index in [2.05, 4.69) is 16.7 Å². The van der Waals surface area contributed by atoms with Crippen molar-refractivity contribution in [3.05, 3.63) is 89.5 Å². The van der Waals surface area contributed by atoms with Gasteiger partial charge in [0.1, 0.15) is 0 Å². The first-order valence-corrected chi connectivity index (χ1v) is 14.0. The summed E-state index contributed by atoms with van der Waals surface area (Å²) in [4.78, 5) is 16.6. The topological polar surface area (TPSA) is 92.7 Å². The van der Waals surface area contributed by atoms with Crippen LogP contribution in [0.15, 0.2) is 77.1 Å². The van der Waals surface area contributed by atoms with E-state index < -0.39 is 6.29 Å². The molecule has 2 amide bonds. The van der Waals surface area contributed by atoms with Crippen LogP contribution < -0.4 is 10.6 Å². The monoisotopic (exact) mass is 535 g/mol. The molecule has 1 fully saturated rings. The number of ether oxygens (including phenoxy) is 2. The Balaban J connectivity index is 1.32. The zero-order valence-corrected chi connectivity index (χ0v) is 22.1. The van der Waals surface area contributed by atoms with Crippen molar-refractivity contribution in [1.29, 1.82) is 0 Å². The van der Waals surface area contributed by atoms with Crippen LogP contribution in [0.3, 0.4) is 0 Å². The number of aliphatic hydroxyl groups is 1. The van der Waals surface area contributed by atoms with E-state index in [-0.39, 0.29) is 24.8 Å². The third kappa shape index (κ3) is 6.49.